The van der Waals surface area contributed by atoms with Gasteiger partial charge in [0.1, 0.15) is 11.5 Å². The maximum Gasteiger partial charge on any atom is 0.295 e. The summed E-state index contributed by atoms with van der Waals surface area (Å²) in [6.07, 6.45) is 0. The molecule has 27 heavy (non-hydrogen) atoms. The SMILES string of the molecule is COCCN1C(=O)C(=O)C(=C(O)c2ccccc2)[C@@H]1c1ccc(OC)cc1. The van der Waals surface area contributed by atoms with Crippen molar-refractivity contribution in [2.75, 3.05) is 27.4 Å². The molecule has 140 valence electrons. The molecule has 1 saturated heterocycles. The molecule has 1 aliphatic heterocycles. The third-order valence-electron chi connectivity index (χ3n) is 4.56. The van der Waals surface area contributed by atoms with Crippen molar-refractivity contribution in [2.24, 2.45) is 0 Å². The first kappa shape index (κ1) is 18.7. The van der Waals surface area contributed by atoms with E-state index in [-0.39, 0.29) is 24.5 Å². The minimum Gasteiger partial charge on any atom is -0.507 e. The average Bonchev–Trinajstić information content (AvgIpc) is 2.97. The molecule has 0 aromatic heterocycles. The van der Waals surface area contributed by atoms with Crippen LogP contribution in [0, 0.1) is 0 Å². The van der Waals surface area contributed by atoms with Gasteiger partial charge in [0, 0.05) is 19.2 Å². The molecule has 2 aromatic rings. The number of carbonyl (C=O) groups excluding carboxylic acids is 2. The first-order chi connectivity index (χ1) is 13.1. The van der Waals surface area contributed by atoms with Crippen molar-refractivity contribution in [2.45, 2.75) is 6.04 Å². The van der Waals surface area contributed by atoms with Crippen molar-refractivity contribution >= 4 is 17.4 Å². The van der Waals surface area contributed by atoms with Crippen molar-refractivity contribution in [3.05, 3.63) is 71.3 Å². The summed E-state index contributed by atoms with van der Waals surface area (Å²) in [7, 11) is 3.10. The fourth-order valence-electron chi connectivity index (χ4n) is 3.18. The number of hydrogen-bond donors (Lipinski definition) is 1. The Morgan fingerprint density at radius 1 is 1.04 bits per heavy atom. The van der Waals surface area contributed by atoms with Crippen LogP contribution in [-0.4, -0.2) is 49.1 Å². The number of nitrogens with zero attached hydrogens (tertiary/aromatic N) is 1. The number of hydrogen-bond acceptors (Lipinski definition) is 5. The molecule has 6 nitrogen and oxygen atoms in total. The van der Waals surface area contributed by atoms with E-state index in [1.54, 1.807) is 55.6 Å². The number of amides is 1. The number of ketones is 1. The summed E-state index contributed by atoms with van der Waals surface area (Å²) in [6, 6.07) is 15.1. The van der Waals surface area contributed by atoms with E-state index in [0.717, 1.165) is 0 Å². The highest BCUT2D eigenvalue weighted by atomic mass is 16.5. The maximum atomic E-state index is 12.7. The molecule has 0 aliphatic carbocycles. The van der Waals surface area contributed by atoms with E-state index in [9.17, 15) is 14.7 Å². The van der Waals surface area contributed by atoms with Gasteiger partial charge in [-0.15, -0.1) is 0 Å². The Balaban J connectivity index is 2.13. The van der Waals surface area contributed by atoms with Gasteiger partial charge < -0.3 is 19.5 Å². The molecule has 2 aromatic carbocycles. The topological polar surface area (TPSA) is 76.1 Å². The number of methoxy groups -OCH3 is 2. The van der Waals surface area contributed by atoms with E-state index >= 15 is 0 Å². The van der Waals surface area contributed by atoms with E-state index in [0.29, 0.717) is 16.9 Å². The van der Waals surface area contributed by atoms with Gasteiger partial charge >= 0.3 is 0 Å². The van der Waals surface area contributed by atoms with Crippen molar-refractivity contribution < 1.29 is 24.2 Å². The second-order valence-corrected chi connectivity index (χ2v) is 6.12. The second-order valence-electron chi connectivity index (χ2n) is 6.12. The standard InChI is InChI=1S/C21H21NO5/c1-26-13-12-22-18(14-8-10-16(27-2)11-9-14)17(20(24)21(22)25)19(23)15-6-4-3-5-7-15/h3-11,18,23H,12-13H2,1-2H3/t18-/m0/s1. The molecule has 1 atom stereocenters. The highest BCUT2D eigenvalue weighted by Gasteiger charge is 2.45. The number of Topliss-reactive ketones (excluding diaryl/α,β-unsaturated/α-hetero) is 1. The summed E-state index contributed by atoms with van der Waals surface area (Å²) in [6.45, 7) is 0.522. The van der Waals surface area contributed by atoms with Crippen molar-refractivity contribution in [1.82, 2.24) is 4.90 Å². The normalized spacial score (nSPS) is 18.7. The highest BCUT2D eigenvalue weighted by molar-refractivity contribution is 6.46. The van der Waals surface area contributed by atoms with Crippen molar-refractivity contribution in [3.63, 3.8) is 0 Å². The summed E-state index contributed by atoms with van der Waals surface area (Å²) < 4.78 is 10.3. The number of carbonyl (C=O) groups is 2. The molecule has 1 N–H and O–H groups in total. The van der Waals surface area contributed by atoms with E-state index in [1.807, 2.05) is 6.07 Å². The van der Waals surface area contributed by atoms with Crippen LogP contribution in [0.2, 0.25) is 0 Å². The fraction of sp³-hybridized carbons (Fsp3) is 0.238. The number of ether oxygens (including phenoxy) is 2. The summed E-state index contributed by atoms with van der Waals surface area (Å²) in [5.74, 6) is -0.871. The van der Waals surface area contributed by atoms with Crippen molar-refractivity contribution in [1.29, 1.82) is 0 Å². The van der Waals surface area contributed by atoms with E-state index in [2.05, 4.69) is 0 Å². The van der Waals surface area contributed by atoms with Gasteiger partial charge in [-0.3, -0.25) is 9.59 Å². The summed E-state index contributed by atoms with van der Waals surface area (Å²) in [5, 5.41) is 10.8. The first-order valence-corrected chi connectivity index (χ1v) is 8.55. The minimum absolute atomic E-state index is 0.0764. The maximum absolute atomic E-state index is 12.7. The second kappa shape index (κ2) is 8.05. The third-order valence-corrected chi connectivity index (χ3v) is 4.56. The van der Waals surface area contributed by atoms with Gasteiger partial charge in [0.2, 0.25) is 0 Å². The Bertz CT molecular complexity index is 858. The van der Waals surface area contributed by atoms with Gasteiger partial charge in [-0.2, -0.15) is 0 Å². The molecular formula is C21H21NO5. The predicted octanol–water partition coefficient (Wildman–Crippen LogP) is 2.76. The molecule has 1 amide bonds. The largest absolute Gasteiger partial charge is 0.507 e. The molecule has 1 heterocycles. The summed E-state index contributed by atoms with van der Waals surface area (Å²) in [5.41, 5.74) is 1.27. The molecule has 3 rings (SSSR count). The summed E-state index contributed by atoms with van der Waals surface area (Å²) >= 11 is 0. The number of likely N-dealkylation sites (tertiary alicyclic amines) is 1. The van der Waals surface area contributed by atoms with Gasteiger partial charge in [-0.05, 0) is 17.7 Å². The molecule has 6 heteroatoms. The molecule has 0 spiro atoms. The van der Waals surface area contributed by atoms with Crippen LogP contribution in [0.1, 0.15) is 17.2 Å². The van der Waals surface area contributed by atoms with Crippen LogP contribution in [0.25, 0.3) is 5.76 Å². The molecular weight excluding hydrogens is 346 g/mol. The molecule has 0 bridgehead atoms. The number of rotatable bonds is 6. The molecule has 0 radical (unpaired) electrons. The monoisotopic (exact) mass is 367 g/mol. The molecule has 0 unspecified atom stereocenters. The van der Waals surface area contributed by atoms with E-state index in [1.165, 1.54) is 12.0 Å². The number of benzene rings is 2. The lowest BCUT2D eigenvalue weighted by Crippen LogP contribution is -2.32. The van der Waals surface area contributed by atoms with Crippen molar-refractivity contribution in [3.8, 4) is 5.75 Å². The average molecular weight is 367 g/mol. The quantitative estimate of drug-likeness (QED) is 0.483. The minimum atomic E-state index is -0.701. The van der Waals surface area contributed by atoms with E-state index in [4.69, 9.17) is 9.47 Å². The van der Waals surface area contributed by atoms with Crippen LogP contribution in [0.3, 0.4) is 0 Å². The van der Waals surface area contributed by atoms with Crippen LogP contribution >= 0.6 is 0 Å². The van der Waals surface area contributed by atoms with Gasteiger partial charge in [-0.25, -0.2) is 0 Å². The van der Waals surface area contributed by atoms with Crippen LogP contribution in [0.4, 0.5) is 0 Å². The Kier molecular flexibility index (Phi) is 5.57. The fourth-order valence-corrected chi connectivity index (χ4v) is 3.18. The van der Waals surface area contributed by atoms with Crippen LogP contribution in [-0.2, 0) is 14.3 Å². The van der Waals surface area contributed by atoms with Gasteiger partial charge in [0.15, 0.2) is 0 Å². The lowest BCUT2D eigenvalue weighted by atomic mass is 9.95. The Morgan fingerprint density at radius 2 is 1.70 bits per heavy atom. The summed E-state index contributed by atoms with van der Waals surface area (Å²) in [4.78, 5) is 26.8. The lowest BCUT2D eigenvalue weighted by molar-refractivity contribution is -0.140. The number of aliphatic hydroxyl groups excluding tert-OH is 1. The Hall–Kier alpha value is -3.12. The smallest absolute Gasteiger partial charge is 0.295 e. The third kappa shape index (κ3) is 3.57. The zero-order valence-electron chi connectivity index (χ0n) is 15.2. The zero-order valence-corrected chi connectivity index (χ0v) is 15.2. The van der Waals surface area contributed by atoms with Gasteiger partial charge in [0.25, 0.3) is 11.7 Å². The van der Waals surface area contributed by atoms with Crippen LogP contribution in [0.5, 0.6) is 5.75 Å². The Morgan fingerprint density at radius 3 is 2.30 bits per heavy atom. The lowest BCUT2D eigenvalue weighted by Gasteiger charge is -2.25. The first-order valence-electron chi connectivity index (χ1n) is 8.55. The predicted molar refractivity (Wildman–Crippen MR) is 100 cm³/mol. The Labute approximate surface area is 157 Å². The highest BCUT2D eigenvalue weighted by Crippen LogP contribution is 2.39. The number of aliphatic hydroxyl groups is 1. The zero-order chi connectivity index (χ0) is 19.4. The van der Waals surface area contributed by atoms with Crippen LogP contribution < -0.4 is 4.74 Å². The van der Waals surface area contributed by atoms with Gasteiger partial charge in [0.05, 0.1) is 25.3 Å². The van der Waals surface area contributed by atoms with Crippen LogP contribution in [0.15, 0.2) is 60.2 Å². The molecule has 0 saturated carbocycles. The van der Waals surface area contributed by atoms with Gasteiger partial charge in [-0.1, -0.05) is 42.5 Å². The molecule has 1 aliphatic rings. The van der Waals surface area contributed by atoms with E-state index < -0.39 is 17.7 Å². The molecule has 1 fully saturated rings.